The van der Waals surface area contributed by atoms with E-state index in [2.05, 4.69) is 13.8 Å². The molecule has 174 valence electrons. The summed E-state index contributed by atoms with van der Waals surface area (Å²) in [7, 11) is 0. The van der Waals surface area contributed by atoms with Gasteiger partial charge in [0.05, 0.1) is 18.0 Å². The number of fused-ring (bicyclic) bond motifs is 3. The van der Waals surface area contributed by atoms with Crippen LogP contribution in [0.2, 0.25) is 0 Å². The molecule has 0 bridgehead atoms. The third-order valence-corrected chi connectivity index (χ3v) is 10.6. The summed E-state index contributed by atoms with van der Waals surface area (Å²) >= 11 is 0. The van der Waals surface area contributed by atoms with Crippen LogP contribution in [0.3, 0.4) is 0 Å². The Bertz CT molecular complexity index is 997. The molecule has 0 amide bonds. The highest BCUT2D eigenvalue weighted by molar-refractivity contribution is 5.66. The Balaban J connectivity index is 1.31. The van der Waals surface area contributed by atoms with E-state index in [0.717, 1.165) is 50.5 Å². The van der Waals surface area contributed by atoms with E-state index in [1.165, 1.54) is 13.0 Å². The van der Waals surface area contributed by atoms with Crippen LogP contribution in [0.5, 0.6) is 0 Å². The molecule has 32 heavy (non-hydrogen) atoms. The van der Waals surface area contributed by atoms with Crippen molar-refractivity contribution in [3.05, 3.63) is 34.4 Å². The van der Waals surface area contributed by atoms with Gasteiger partial charge in [-0.1, -0.05) is 13.8 Å². The van der Waals surface area contributed by atoms with E-state index in [4.69, 9.17) is 13.9 Å². The molecule has 2 heterocycles. The molecule has 4 aliphatic carbocycles. The molecule has 1 aromatic heterocycles. The Labute approximate surface area is 188 Å². The number of hydrogen-bond acceptors (Lipinski definition) is 6. The maximum absolute atomic E-state index is 11.9. The minimum absolute atomic E-state index is 0.0134. The smallest absolute Gasteiger partial charge is 0.335 e. The molecule has 6 heteroatoms. The van der Waals surface area contributed by atoms with E-state index in [1.807, 2.05) is 6.07 Å². The lowest BCUT2D eigenvalue weighted by atomic mass is 9.42. The Kier molecular flexibility index (Phi) is 4.23. The SMILES string of the molecule is CC(=O)O[C@H]1CC[C@]2(C)[C@H]3CC[C@]4(C)[C@@H](c5ccc(=O)oc5)C[C@H]5O[C@]54[C@@H]3CC[C@]2(O)C1. The summed E-state index contributed by atoms with van der Waals surface area (Å²) in [5.74, 6) is 0.915. The zero-order valence-corrected chi connectivity index (χ0v) is 19.3. The molecular weight excluding hydrogens is 408 g/mol. The van der Waals surface area contributed by atoms with E-state index in [-0.39, 0.29) is 40.2 Å². The molecule has 6 rings (SSSR count). The molecule has 1 aromatic rings. The van der Waals surface area contributed by atoms with Gasteiger partial charge in [-0.3, -0.25) is 4.79 Å². The first-order chi connectivity index (χ1) is 15.1. The van der Waals surface area contributed by atoms with Crippen LogP contribution in [-0.2, 0) is 14.3 Å². The molecule has 0 unspecified atom stereocenters. The summed E-state index contributed by atoms with van der Waals surface area (Å²) in [6.45, 7) is 6.12. The Hall–Kier alpha value is -1.66. The molecule has 1 spiro atoms. The third kappa shape index (κ3) is 2.48. The number of epoxide rings is 1. The van der Waals surface area contributed by atoms with E-state index in [1.54, 1.807) is 6.26 Å². The van der Waals surface area contributed by atoms with Gasteiger partial charge in [-0.25, -0.2) is 4.79 Å². The zero-order valence-electron chi connectivity index (χ0n) is 19.3. The first-order valence-corrected chi connectivity index (χ1v) is 12.3. The van der Waals surface area contributed by atoms with Gasteiger partial charge in [0.15, 0.2) is 0 Å². The van der Waals surface area contributed by atoms with Crippen LogP contribution >= 0.6 is 0 Å². The first kappa shape index (κ1) is 20.9. The van der Waals surface area contributed by atoms with E-state index in [9.17, 15) is 14.7 Å². The van der Waals surface area contributed by atoms with Crippen LogP contribution in [0.1, 0.15) is 83.6 Å². The van der Waals surface area contributed by atoms with Crippen molar-refractivity contribution in [3.8, 4) is 0 Å². The molecule has 5 aliphatic rings. The Morgan fingerprint density at radius 3 is 2.56 bits per heavy atom. The summed E-state index contributed by atoms with van der Waals surface area (Å²) in [6.07, 6.45) is 8.77. The van der Waals surface area contributed by atoms with E-state index < -0.39 is 5.60 Å². The van der Waals surface area contributed by atoms with Crippen LogP contribution < -0.4 is 5.63 Å². The number of ether oxygens (including phenoxy) is 2. The molecule has 0 aromatic carbocycles. The normalized spacial score (nSPS) is 51.1. The average molecular weight is 443 g/mol. The van der Waals surface area contributed by atoms with Gasteiger partial charge < -0.3 is 19.0 Å². The molecular formula is C26H34O6. The maximum atomic E-state index is 11.9. The topological polar surface area (TPSA) is 89.3 Å². The number of carbonyl (C=O) groups excluding carboxylic acids is 1. The monoisotopic (exact) mass is 442 g/mol. The van der Waals surface area contributed by atoms with Crippen molar-refractivity contribution < 1.29 is 23.8 Å². The summed E-state index contributed by atoms with van der Waals surface area (Å²) < 4.78 is 17.3. The minimum atomic E-state index is -0.790. The number of hydrogen-bond donors (Lipinski definition) is 1. The van der Waals surface area contributed by atoms with E-state index in [0.29, 0.717) is 24.2 Å². The summed E-state index contributed by atoms with van der Waals surface area (Å²) in [6, 6.07) is 3.47. The Morgan fingerprint density at radius 1 is 1.09 bits per heavy atom. The van der Waals surface area contributed by atoms with Crippen molar-refractivity contribution >= 4 is 5.97 Å². The maximum Gasteiger partial charge on any atom is 0.335 e. The lowest BCUT2D eigenvalue weighted by molar-refractivity contribution is -0.227. The van der Waals surface area contributed by atoms with Gasteiger partial charge in [0.1, 0.15) is 11.7 Å². The van der Waals surface area contributed by atoms with Crippen LogP contribution in [0, 0.1) is 22.7 Å². The van der Waals surface area contributed by atoms with Crippen LogP contribution in [0.4, 0.5) is 0 Å². The summed E-state index contributed by atoms with van der Waals surface area (Å²) in [5, 5.41) is 11.9. The van der Waals surface area contributed by atoms with Crippen LogP contribution in [0.25, 0.3) is 0 Å². The lowest BCUT2D eigenvalue weighted by Gasteiger charge is -2.64. The van der Waals surface area contributed by atoms with Crippen molar-refractivity contribution in [1.29, 1.82) is 0 Å². The highest BCUT2D eigenvalue weighted by Crippen LogP contribution is 2.78. The van der Waals surface area contributed by atoms with Gasteiger partial charge in [-0.05, 0) is 79.7 Å². The van der Waals surface area contributed by atoms with Crippen molar-refractivity contribution in [2.24, 2.45) is 22.7 Å². The molecule has 0 radical (unpaired) electrons. The van der Waals surface area contributed by atoms with Gasteiger partial charge in [0.2, 0.25) is 0 Å². The summed E-state index contributed by atoms with van der Waals surface area (Å²) in [5.41, 5.74) is -0.284. The second-order valence-electron chi connectivity index (χ2n) is 11.7. The molecule has 1 saturated heterocycles. The number of aliphatic hydroxyl groups is 1. The second-order valence-corrected chi connectivity index (χ2v) is 11.7. The first-order valence-electron chi connectivity index (χ1n) is 12.3. The predicted molar refractivity (Wildman–Crippen MR) is 116 cm³/mol. The number of rotatable bonds is 2. The fourth-order valence-electron chi connectivity index (χ4n) is 9.05. The molecule has 5 fully saturated rings. The largest absolute Gasteiger partial charge is 0.462 e. The predicted octanol–water partition coefficient (Wildman–Crippen LogP) is 3.94. The van der Waals surface area contributed by atoms with Crippen molar-refractivity contribution in [2.45, 2.75) is 101 Å². The van der Waals surface area contributed by atoms with Crippen molar-refractivity contribution in [2.75, 3.05) is 0 Å². The fourth-order valence-corrected chi connectivity index (χ4v) is 9.05. The number of esters is 1. The van der Waals surface area contributed by atoms with Crippen molar-refractivity contribution in [3.63, 3.8) is 0 Å². The van der Waals surface area contributed by atoms with Gasteiger partial charge >= 0.3 is 11.6 Å². The van der Waals surface area contributed by atoms with Gasteiger partial charge in [-0.2, -0.15) is 0 Å². The van der Waals surface area contributed by atoms with E-state index >= 15 is 0 Å². The third-order valence-electron chi connectivity index (χ3n) is 10.6. The van der Waals surface area contributed by atoms with Gasteiger partial charge in [0, 0.05) is 24.8 Å². The average Bonchev–Trinajstić information content (AvgIpc) is 3.39. The number of carbonyl (C=O) groups is 1. The Morgan fingerprint density at radius 2 is 1.84 bits per heavy atom. The fraction of sp³-hybridized carbons (Fsp3) is 0.769. The molecule has 1 N–H and O–H groups in total. The summed E-state index contributed by atoms with van der Waals surface area (Å²) in [4.78, 5) is 23.0. The minimum Gasteiger partial charge on any atom is -0.462 e. The second kappa shape index (κ2) is 6.47. The van der Waals surface area contributed by atoms with Crippen molar-refractivity contribution in [1.82, 2.24) is 0 Å². The quantitative estimate of drug-likeness (QED) is 0.551. The van der Waals surface area contributed by atoms with Gasteiger partial charge in [-0.15, -0.1) is 0 Å². The highest BCUT2D eigenvalue weighted by Gasteiger charge is 2.81. The zero-order chi connectivity index (χ0) is 22.5. The molecule has 1 aliphatic heterocycles. The van der Waals surface area contributed by atoms with Crippen LogP contribution in [0.15, 0.2) is 27.6 Å². The standard InChI is InChI=1S/C26H34O6/c1-15(27)31-17-6-9-23(2)18-7-10-24(3)20(16-4-5-22(28)30-14-16)12-21-26(24,32-21)19(18)8-11-25(23,29)13-17/h4-5,14,17-21,29H,6-13H2,1-3H3/t17-,18-,19+,20+,21+,23+,24+,25-,26+/m0/s1. The van der Waals surface area contributed by atoms with Gasteiger partial charge in [0.25, 0.3) is 0 Å². The van der Waals surface area contributed by atoms with Crippen LogP contribution in [-0.4, -0.2) is 34.5 Å². The molecule has 6 nitrogen and oxygen atoms in total. The molecule has 9 atom stereocenters. The lowest BCUT2D eigenvalue weighted by Crippen LogP contribution is -2.65. The highest BCUT2D eigenvalue weighted by atomic mass is 16.6. The molecule has 4 saturated carbocycles.